The van der Waals surface area contributed by atoms with Gasteiger partial charge in [-0.15, -0.1) is 0 Å². The molecule has 0 saturated heterocycles. The van der Waals surface area contributed by atoms with Gasteiger partial charge in [-0.1, -0.05) is 0 Å². The van der Waals surface area contributed by atoms with E-state index in [0.29, 0.717) is 17.4 Å². The Bertz CT molecular complexity index is 720. The zero-order valence-electron chi connectivity index (χ0n) is 10.6. The highest BCUT2D eigenvalue weighted by Crippen LogP contribution is 2.53. The first-order valence-corrected chi connectivity index (χ1v) is 13.5. The van der Waals surface area contributed by atoms with Crippen LogP contribution in [0.3, 0.4) is 0 Å². The number of aromatic carboxylic acids is 1. The van der Waals surface area contributed by atoms with E-state index in [1.807, 2.05) is 12.1 Å². The van der Waals surface area contributed by atoms with Crippen LogP contribution >= 0.6 is 15.9 Å². The van der Waals surface area contributed by atoms with Gasteiger partial charge in [0.25, 0.3) is 0 Å². The fourth-order valence-electron chi connectivity index (χ4n) is 3.05. The lowest BCUT2D eigenvalue weighted by Crippen LogP contribution is -2.04. The number of benzene rings is 1. The van der Waals surface area contributed by atoms with E-state index in [-0.39, 0.29) is 0 Å². The van der Waals surface area contributed by atoms with Crippen LogP contribution in [-0.2, 0) is 57.9 Å². The smallest absolute Gasteiger partial charge is 0.336 e. The lowest BCUT2D eigenvalue weighted by molar-refractivity contribution is 0.0695. The Morgan fingerprint density at radius 1 is 1.14 bits per heavy atom. The van der Waals surface area contributed by atoms with Gasteiger partial charge in [-0.2, -0.15) is 0 Å². The van der Waals surface area contributed by atoms with Crippen LogP contribution < -0.4 is 0 Å². The zero-order valence-corrected chi connectivity index (χ0v) is 17.1. The van der Waals surface area contributed by atoms with E-state index < -0.39 is 5.97 Å². The molecule has 114 valence electrons. The summed E-state index contributed by atoms with van der Waals surface area (Å²) in [5.74, 6) is 0.466. The maximum absolute atomic E-state index is 11.0. The van der Waals surface area contributed by atoms with Gasteiger partial charge in [0.05, 0.1) is 5.56 Å². The molecule has 1 aromatic carbocycles. The normalized spacial score (nSPS) is 20.8. The highest BCUT2D eigenvalue weighted by molar-refractivity contribution is 9.10. The summed E-state index contributed by atoms with van der Waals surface area (Å²) in [7, 11) is 5.63. The van der Waals surface area contributed by atoms with E-state index in [1.54, 1.807) is 0 Å². The van der Waals surface area contributed by atoms with E-state index >= 15 is 0 Å². The second-order valence-corrected chi connectivity index (χ2v) is 12.7. The summed E-state index contributed by atoms with van der Waals surface area (Å²) in [4.78, 5) is 11.0. The third-order valence-electron chi connectivity index (χ3n) is 3.80. The predicted molar refractivity (Wildman–Crippen MR) is 105 cm³/mol. The van der Waals surface area contributed by atoms with Gasteiger partial charge in [0.15, 0.2) is 0 Å². The van der Waals surface area contributed by atoms with Crippen LogP contribution in [0.2, 0.25) is 0 Å². The van der Waals surface area contributed by atoms with Crippen molar-refractivity contribution in [1.29, 1.82) is 0 Å². The van der Waals surface area contributed by atoms with Crippen LogP contribution in [0.1, 0.15) is 52.6 Å². The predicted octanol–water partition coefficient (Wildman–Crippen LogP) is 3.50. The van der Waals surface area contributed by atoms with Crippen LogP contribution in [0.25, 0.3) is 0 Å². The fraction of sp³-hybridized carbons (Fsp3) is 0.417. The van der Waals surface area contributed by atoms with Gasteiger partial charge in [0.1, 0.15) is 0 Å². The van der Waals surface area contributed by atoms with Crippen molar-refractivity contribution in [3.05, 3.63) is 33.3 Å². The summed E-state index contributed by atoms with van der Waals surface area (Å²) in [6.07, 6.45) is 3.74. The maximum Gasteiger partial charge on any atom is 0.336 e. The molecule has 2 nitrogen and oxygen atoms in total. The van der Waals surface area contributed by atoms with Gasteiger partial charge in [-0.05, 0) is 70.3 Å². The molecular weight excluding hydrogens is 448 g/mol. The number of hydrogen-bond acceptors (Lipinski definition) is 3. The van der Waals surface area contributed by atoms with Crippen molar-refractivity contribution < 1.29 is 9.90 Å². The number of hydrogen-bond donors (Lipinski definition) is 1. The molecule has 0 aliphatic heterocycles. The molecule has 0 spiro atoms. The number of carboxylic acids is 1. The zero-order chi connectivity index (χ0) is 15.4. The number of rotatable bonds is 1. The van der Waals surface area contributed by atoms with E-state index in [2.05, 4.69) is 38.3 Å². The molecule has 3 rings (SSSR count). The molecule has 2 unspecified atom stereocenters. The van der Waals surface area contributed by atoms with Crippen molar-refractivity contribution in [1.82, 2.24) is 0 Å². The number of fused-ring (bicyclic) bond motifs is 5. The molecule has 1 N–H and O–H groups in total. The van der Waals surface area contributed by atoms with Gasteiger partial charge in [0, 0.05) is 62.4 Å². The third-order valence-corrected chi connectivity index (χ3v) is 11.1. The van der Waals surface area contributed by atoms with Crippen LogP contribution in [0, 0.1) is 0 Å². The Labute approximate surface area is 153 Å². The summed E-state index contributed by atoms with van der Waals surface area (Å²) in [6, 6.07) is 3.88. The summed E-state index contributed by atoms with van der Waals surface area (Å²) in [5.41, 5.74) is 3.07. The minimum absolute atomic E-state index is 0.404. The average molecular weight is 460 g/mol. The second-order valence-electron chi connectivity index (χ2n) is 4.75. The van der Waals surface area contributed by atoms with E-state index in [4.69, 9.17) is 5.11 Å². The Kier molecular flexibility index (Phi) is 7.11. The molecule has 9 heteroatoms. The molecule has 1 fully saturated rings. The Morgan fingerprint density at radius 2 is 1.67 bits per heavy atom. The van der Waals surface area contributed by atoms with Crippen molar-refractivity contribution in [3.63, 3.8) is 0 Å². The topological polar surface area (TPSA) is 37.3 Å². The summed E-state index contributed by atoms with van der Waals surface area (Å²) in [6.45, 7) is 0. The highest BCUT2D eigenvalue weighted by atomic mass is 79.9. The van der Waals surface area contributed by atoms with Crippen molar-refractivity contribution in [3.8, 4) is 0 Å². The lowest BCUT2D eigenvalue weighted by atomic mass is 9.90. The summed E-state index contributed by atoms with van der Waals surface area (Å²) < 4.78 is 0.723. The molecule has 2 aliphatic rings. The van der Waals surface area contributed by atoms with Crippen molar-refractivity contribution in [2.45, 2.75) is 31.1 Å². The fourth-order valence-corrected chi connectivity index (χ4v) is 9.06. The largest absolute Gasteiger partial charge is 0.478 e. The first-order valence-electron chi connectivity index (χ1n) is 6.07. The van der Waals surface area contributed by atoms with E-state index in [0.717, 1.165) is 4.47 Å². The molecule has 1 aromatic rings. The molecule has 2 atom stereocenters. The molecule has 2 aliphatic carbocycles. The quantitative estimate of drug-likeness (QED) is 0.698. The first kappa shape index (κ1) is 17.8. The Morgan fingerprint density at radius 3 is 2.14 bits per heavy atom. The van der Waals surface area contributed by atoms with Gasteiger partial charge >= 0.3 is 5.97 Å². The maximum atomic E-state index is 11.0. The molecule has 0 radical (unpaired) electrons. The van der Waals surface area contributed by atoms with Crippen LogP contribution in [0.15, 0.2) is 16.6 Å². The SMILES string of the molecule is O=C(O)c1cc2c(cc1Br)C1CCC2C1.S=S=S=S=S=S. The van der Waals surface area contributed by atoms with Gasteiger partial charge < -0.3 is 5.11 Å². The molecule has 1 saturated carbocycles. The highest BCUT2D eigenvalue weighted by Gasteiger charge is 2.37. The summed E-state index contributed by atoms with van der Waals surface area (Å²) >= 11 is 12.4. The van der Waals surface area contributed by atoms with Crippen molar-refractivity contribution in [2.75, 3.05) is 0 Å². The number of halogens is 1. The second kappa shape index (κ2) is 8.37. The third kappa shape index (κ3) is 4.27. The van der Waals surface area contributed by atoms with Crippen molar-refractivity contribution >= 4 is 79.8 Å². The average Bonchev–Trinajstić information content (AvgIpc) is 3.06. The molecule has 2 bridgehead atoms. The lowest BCUT2D eigenvalue weighted by Gasteiger charge is -2.16. The Hall–Kier alpha value is 0.490. The van der Waals surface area contributed by atoms with Crippen LogP contribution in [0.4, 0.5) is 0 Å². The minimum atomic E-state index is -0.840. The molecule has 0 amide bonds. The van der Waals surface area contributed by atoms with Gasteiger partial charge in [0.2, 0.25) is 0 Å². The molecule has 0 heterocycles. The van der Waals surface area contributed by atoms with E-state index in [9.17, 15) is 4.79 Å². The molecular formula is C12H11BrO2S6. The summed E-state index contributed by atoms with van der Waals surface area (Å²) in [5, 5.41) is 9.04. The van der Waals surface area contributed by atoms with Crippen molar-refractivity contribution in [2.24, 2.45) is 0 Å². The number of carboxylic acid groups (broad SMARTS) is 1. The minimum Gasteiger partial charge on any atom is -0.478 e. The van der Waals surface area contributed by atoms with Crippen LogP contribution in [-0.4, -0.2) is 11.1 Å². The number of carbonyl (C=O) groups is 1. The van der Waals surface area contributed by atoms with Gasteiger partial charge in [-0.25, -0.2) is 4.79 Å². The van der Waals surface area contributed by atoms with Crippen LogP contribution in [0.5, 0.6) is 0 Å². The Balaban J connectivity index is 0.000000232. The molecule has 21 heavy (non-hydrogen) atoms. The first-order chi connectivity index (χ1) is 10.1. The standard InChI is InChI=1S/C12H11BrO2.S6/c13-11-5-9-7-2-1-6(3-7)8(9)4-10(11)12(14)15;1-3-5-6-4-2/h4-7H,1-3H2,(H,14,15);. The van der Waals surface area contributed by atoms with E-state index in [1.165, 1.54) is 65.9 Å². The van der Waals surface area contributed by atoms with Gasteiger partial charge in [-0.3, -0.25) is 0 Å². The monoisotopic (exact) mass is 458 g/mol. The molecule has 0 aromatic heterocycles.